The Morgan fingerprint density at radius 2 is 2.33 bits per heavy atom. The third-order valence-electron chi connectivity index (χ3n) is 3.76. The Hall–Kier alpha value is -1.59. The number of piperazine rings is 1. The Bertz CT molecular complexity index is 535. The van der Waals surface area contributed by atoms with Crippen molar-refractivity contribution in [2.24, 2.45) is 0 Å². The van der Waals surface area contributed by atoms with E-state index in [-0.39, 0.29) is 18.4 Å². The molecule has 1 aliphatic rings. The minimum absolute atomic E-state index is 0.0147. The number of halogens is 1. The van der Waals surface area contributed by atoms with Crippen LogP contribution in [0.1, 0.15) is 31.4 Å². The van der Waals surface area contributed by atoms with Gasteiger partial charge in [0, 0.05) is 24.2 Å². The zero-order chi connectivity index (χ0) is 15.4. The van der Waals surface area contributed by atoms with E-state index in [1.807, 2.05) is 30.0 Å². The number of aliphatic carboxylic acids is 1. The van der Waals surface area contributed by atoms with Gasteiger partial charge in [0.05, 0.1) is 6.42 Å². The second-order valence-electron chi connectivity index (χ2n) is 5.12. The number of amides is 1. The Morgan fingerprint density at radius 1 is 1.57 bits per heavy atom. The van der Waals surface area contributed by atoms with Crippen molar-refractivity contribution >= 4 is 23.5 Å². The molecule has 0 aliphatic carbocycles. The van der Waals surface area contributed by atoms with E-state index in [9.17, 15) is 9.59 Å². The smallest absolute Gasteiger partial charge is 0.305 e. The lowest BCUT2D eigenvalue weighted by Crippen LogP contribution is -2.56. The summed E-state index contributed by atoms with van der Waals surface area (Å²) in [5.74, 6) is -1.19. The van der Waals surface area contributed by atoms with Gasteiger partial charge >= 0.3 is 5.97 Å². The molecule has 1 aromatic rings. The summed E-state index contributed by atoms with van der Waals surface area (Å²) >= 11 is 6.04. The molecule has 1 aromatic carbocycles. The molecule has 0 aromatic heterocycles. The standard InChI is InChI=1S/C15H19ClN2O3/c1-2-12(10-4-3-5-11(16)8-10)18-7-6-17-15(21)13(18)9-14(19)20/h3-5,8,12-13H,2,6-7,9H2,1H3,(H,17,21)(H,19,20). The molecule has 0 spiro atoms. The van der Waals surface area contributed by atoms with Gasteiger partial charge < -0.3 is 10.4 Å². The van der Waals surface area contributed by atoms with Crippen LogP contribution < -0.4 is 5.32 Å². The molecule has 1 fully saturated rings. The predicted molar refractivity (Wildman–Crippen MR) is 80.2 cm³/mol. The number of carboxylic acids is 1. The highest BCUT2D eigenvalue weighted by molar-refractivity contribution is 6.30. The Kier molecular flexibility index (Phi) is 5.20. The molecule has 1 saturated heterocycles. The predicted octanol–water partition coefficient (Wildman–Crippen LogP) is 2.07. The van der Waals surface area contributed by atoms with E-state index < -0.39 is 12.0 Å². The molecule has 0 bridgehead atoms. The number of carbonyl (C=O) groups excluding carboxylic acids is 1. The number of benzene rings is 1. The van der Waals surface area contributed by atoms with Crippen molar-refractivity contribution in [1.82, 2.24) is 10.2 Å². The van der Waals surface area contributed by atoms with Gasteiger partial charge in [0.15, 0.2) is 0 Å². The molecule has 2 atom stereocenters. The second-order valence-corrected chi connectivity index (χ2v) is 5.56. The first-order valence-electron chi connectivity index (χ1n) is 7.03. The highest BCUT2D eigenvalue weighted by atomic mass is 35.5. The van der Waals surface area contributed by atoms with Gasteiger partial charge in [-0.15, -0.1) is 0 Å². The third kappa shape index (κ3) is 3.74. The van der Waals surface area contributed by atoms with Gasteiger partial charge in [-0.25, -0.2) is 0 Å². The summed E-state index contributed by atoms with van der Waals surface area (Å²) in [5, 5.41) is 12.4. The summed E-state index contributed by atoms with van der Waals surface area (Å²) in [5.41, 5.74) is 1.01. The molecule has 5 nitrogen and oxygen atoms in total. The molecule has 1 amide bonds. The van der Waals surface area contributed by atoms with Crippen molar-refractivity contribution in [3.63, 3.8) is 0 Å². The largest absolute Gasteiger partial charge is 0.481 e. The zero-order valence-corrected chi connectivity index (χ0v) is 12.6. The topological polar surface area (TPSA) is 69.6 Å². The van der Waals surface area contributed by atoms with Gasteiger partial charge in [0.1, 0.15) is 6.04 Å². The van der Waals surface area contributed by atoms with Crippen molar-refractivity contribution in [2.75, 3.05) is 13.1 Å². The number of carbonyl (C=O) groups is 2. The van der Waals surface area contributed by atoms with Gasteiger partial charge in [-0.05, 0) is 24.1 Å². The van der Waals surface area contributed by atoms with E-state index in [2.05, 4.69) is 5.32 Å². The molecule has 0 radical (unpaired) electrons. The average molecular weight is 311 g/mol. The molecule has 2 unspecified atom stereocenters. The Balaban J connectivity index is 2.29. The maximum atomic E-state index is 12.0. The number of nitrogens with zero attached hydrogens (tertiary/aromatic N) is 1. The average Bonchev–Trinajstić information content (AvgIpc) is 2.43. The maximum Gasteiger partial charge on any atom is 0.305 e. The van der Waals surface area contributed by atoms with Crippen LogP contribution in [0.2, 0.25) is 5.02 Å². The first-order valence-corrected chi connectivity index (χ1v) is 7.41. The van der Waals surface area contributed by atoms with Crippen LogP contribution >= 0.6 is 11.6 Å². The summed E-state index contributed by atoms with van der Waals surface area (Å²) in [6, 6.07) is 6.86. The molecule has 6 heteroatoms. The van der Waals surface area contributed by atoms with Gasteiger partial charge in [-0.3, -0.25) is 14.5 Å². The molecular formula is C15H19ClN2O3. The van der Waals surface area contributed by atoms with Crippen molar-refractivity contribution < 1.29 is 14.7 Å². The third-order valence-corrected chi connectivity index (χ3v) is 4.00. The van der Waals surface area contributed by atoms with Gasteiger partial charge in [-0.1, -0.05) is 30.7 Å². The Morgan fingerprint density at radius 3 is 2.95 bits per heavy atom. The molecule has 1 aliphatic heterocycles. The minimum atomic E-state index is -0.969. The van der Waals surface area contributed by atoms with Crippen LogP contribution in [-0.4, -0.2) is 41.0 Å². The lowest BCUT2D eigenvalue weighted by Gasteiger charge is -2.40. The molecule has 114 valence electrons. The number of carboxylic acid groups (broad SMARTS) is 1. The summed E-state index contributed by atoms with van der Waals surface area (Å²) in [7, 11) is 0. The summed E-state index contributed by atoms with van der Waals surface area (Å²) in [6.07, 6.45) is 0.590. The Labute approximate surface area is 128 Å². The monoisotopic (exact) mass is 310 g/mol. The lowest BCUT2D eigenvalue weighted by molar-refractivity contribution is -0.144. The van der Waals surface area contributed by atoms with E-state index in [4.69, 9.17) is 16.7 Å². The van der Waals surface area contributed by atoms with Crippen LogP contribution in [0, 0.1) is 0 Å². The van der Waals surface area contributed by atoms with E-state index in [0.29, 0.717) is 18.1 Å². The molecular weight excluding hydrogens is 292 g/mol. The number of hydrogen-bond donors (Lipinski definition) is 2. The fraction of sp³-hybridized carbons (Fsp3) is 0.467. The molecule has 1 heterocycles. The molecule has 21 heavy (non-hydrogen) atoms. The first-order chi connectivity index (χ1) is 10.0. The fourth-order valence-electron chi connectivity index (χ4n) is 2.86. The van der Waals surface area contributed by atoms with Gasteiger partial charge in [0.2, 0.25) is 5.91 Å². The van der Waals surface area contributed by atoms with Crippen molar-refractivity contribution in [3.8, 4) is 0 Å². The lowest BCUT2D eigenvalue weighted by atomic mass is 9.98. The number of rotatable bonds is 5. The van der Waals surface area contributed by atoms with Crippen LogP contribution in [0.15, 0.2) is 24.3 Å². The van der Waals surface area contributed by atoms with Crippen molar-refractivity contribution in [2.45, 2.75) is 31.8 Å². The van der Waals surface area contributed by atoms with E-state index >= 15 is 0 Å². The zero-order valence-electron chi connectivity index (χ0n) is 11.9. The highest BCUT2D eigenvalue weighted by Gasteiger charge is 2.35. The van der Waals surface area contributed by atoms with Gasteiger partial charge in [-0.2, -0.15) is 0 Å². The number of nitrogens with one attached hydrogen (secondary N) is 1. The molecule has 2 N–H and O–H groups in total. The van der Waals surface area contributed by atoms with E-state index in [0.717, 1.165) is 12.0 Å². The molecule has 2 rings (SSSR count). The summed E-state index contributed by atoms with van der Waals surface area (Å²) < 4.78 is 0. The summed E-state index contributed by atoms with van der Waals surface area (Å²) in [6.45, 7) is 3.19. The van der Waals surface area contributed by atoms with Crippen LogP contribution in [0.3, 0.4) is 0 Å². The first kappa shape index (κ1) is 15.8. The van der Waals surface area contributed by atoms with Crippen LogP contribution in [0.25, 0.3) is 0 Å². The van der Waals surface area contributed by atoms with Crippen LogP contribution in [0.5, 0.6) is 0 Å². The maximum absolute atomic E-state index is 12.0. The normalized spacial score (nSPS) is 20.9. The fourth-order valence-corrected chi connectivity index (χ4v) is 3.06. The van der Waals surface area contributed by atoms with E-state index in [1.165, 1.54) is 0 Å². The summed E-state index contributed by atoms with van der Waals surface area (Å²) in [4.78, 5) is 25.0. The highest BCUT2D eigenvalue weighted by Crippen LogP contribution is 2.29. The van der Waals surface area contributed by atoms with Crippen LogP contribution in [-0.2, 0) is 9.59 Å². The molecule has 0 saturated carbocycles. The van der Waals surface area contributed by atoms with E-state index in [1.54, 1.807) is 6.07 Å². The minimum Gasteiger partial charge on any atom is -0.481 e. The quantitative estimate of drug-likeness (QED) is 0.873. The van der Waals surface area contributed by atoms with Crippen molar-refractivity contribution in [1.29, 1.82) is 0 Å². The van der Waals surface area contributed by atoms with Crippen molar-refractivity contribution in [3.05, 3.63) is 34.9 Å². The van der Waals surface area contributed by atoms with Crippen LogP contribution in [0.4, 0.5) is 0 Å². The van der Waals surface area contributed by atoms with Gasteiger partial charge in [0.25, 0.3) is 0 Å². The second kappa shape index (κ2) is 6.91. The SMILES string of the molecule is CCC(c1cccc(Cl)c1)N1CCNC(=O)C1CC(=O)O. The number of hydrogen-bond acceptors (Lipinski definition) is 3.